The summed E-state index contributed by atoms with van der Waals surface area (Å²) in [6.07, 6.45) is 12.9. The summed E-state index contributed by atoms with van der Waals surface area (Å²) in [5, 5.41) is 0. The lowest BCUT2D eigenvalue weighted by molar-refractivity contribution is 0.0103. The van der Waals surface area contributed by atoms with Gasteiger partial charge in [-0.05, 0) is 13.3 Å². The summed E-state index contributed by atoms with van der Waals surface area (Å²) < 4.78 is 25.0. The highest BCUT2D eigenvalue weighted by Crippen LogP contribution is 2.21. The maximum Gasteiger partial charge on any atom is 0.245 e. The Hall–Kier alpha value is -0.140. The molecule has 0 fully saturated rings. The zero-order chi connectivity index (χ0) is 13.0. The number of rotatable bonds is 12. The van der Waals surface area contributed by atoms with Gasteiger partial charge in [0.05, 0.1) is 0 Å². The van der Waals surface area contributed by atoms with E-state index in [9.17, 15) is 8.78 Å². The van der Waals surface area contributed by atoms with Gasteiger partial charge in [-0.2, -0.15) is 0 Å². The SMILES string of the molecule is [CH2]CCCCCCCCCCCCC(C)(F)F. The van der Waals surface area contributed by atoms with E-state index in [0.29, 0.717) is 6.42 Å². The lowest BCUT2D eigenvalue weighted by atomic mass is 10.0. The van der Waals surface area contributed by atoms with Gasteiger partial charge in [0, 0.05) is 6.42 Å². The molecule has 0 aromatic rings. The summed E-state index contributed by atoms with van der Waals surface area (Å²) in [7, 11) is 0. The minimum Gasteiger partial charge on any atom is -0.207 e. The molecule has 0 rings (SSSR count). The van der Waals surface area contributed by atoms with Gasteiger partial charge >= 0.3 is 0 Å². The predicted molar refractivity (Wildman–Crippen MR) is 71.4 cm³/mol. The highest BCUT2D eigenvalue weighted by Gasteiger charge is 2.19. The zero-order valence-electron chi connectivity index (χ0n) is 11.4. The van der Waals surface area contributed by atoms with Crippen molar-refractivity contribution < 1.29 is 8.78 Å². The van der Waals surface area contributed by atoms with Crippen LogP contribution >= 0.6 is 0 Å². The third-order valence-electron chi connectivity index (χ3n) is 3.12. The monoisotopic (exact) mass is 247 g/mol. The van der Waals surface area contributed by atoms with Gasteiger partial charge in [-0.1, -0.05) is 71.1 Å². The molecule has 0 saturated heterocycles. The molecule has 0 heterocycles. The first kappa shape index (κ1) is 16.9. The Morgan fingerprint density at radius 3 is 1.41 bits per heavy atom. The van der Waals surface area contributed by atoms with Crippen molar-refractivity contribution >= 4 is 0 Å². The molecule has 0 aliphatic heterocycles. The summed E-state index contributed by atoms with van der Waals surface area (Å²) >= 11 is 0. The summed E-state index contributed by atoms with van der Waals surface area (Å²) in [5.74, 6) is -2.46. The molecule has 0 nitrogen and oxygen atoms in total. The second-order valence-electron chi connectivity index (χ2n) is 5.21. The normalized spacial score (nSPS) is 12.0. The van der Waals surface area contributed by atoms with Crippen molar-refractivity contribution in [3.8, 4) is 0 Å². The molecule has 2 heteroatoms. The van der Waals surface area contributed by atoms with Gasteiger partial charge in [-0.15, -0.1) is 0 Å². The lowest BCUT2D eigenvalue weighted by Gasteiger charge is -2.08. The van der Waals surface area contributed by atoms with Crippen LogP contribution in [-0.2, 0) is 0 Å². The molecule has 103 valence electrons. The Kier molecular flexibility index (Phi) is 10.9. The first-order chi connectivity index (χ1) is 8.06. The minimum atomic E-state index is -2.46. The van der Waals surface area contributed by atoms with Crippen molar-refractivity contribution in [3.63, 3.8) is 0 Å². The first-order valence-electron chi connectivity index (χ1n) is 7.23. The highest BCUT2D eigenvalue weighted by molar-refractivity contribution is 4.58. The van der Waals surface area contributed by atoms with Crippen LogP contribution in [0.25, 0.3) is 0 Å². The van der Waals surface area contributed by atoms with Gasteiger partial charge in [0.25, 0.3) is 0 Å². The van der Waals surface area contributed by atoms with Crippen LogP contribution in [0.15, 0.2) is 0 Å². The van der Waals surface area contributed by atoms with Gasteiger partial charge in [0.1, 0.15) is 0 Å². The van der Waals surface area contributed by atoms with E-state index < -0.39 is 5.92 Å². The van der Waals surface area contributed by atoms with Gasteiger partial charge in [-0.3, -0.25) is 0 Å². The highest BCUT2D eigenvalue weighted by atomic mass is 19.3. The number of halogens is 2. The van der Waals surface area contributed by atoms with Crippen LogP contribution in [-0.4, -0.2) is 5.92 Å². The van der Waals surface area contributed by atoms with Crippen LogP contribution in [0, 0.1) is 6.92 Å². The number of alkyl halides is 2. The zero-order valence-corrected chi connectivity index (χ0v) is 11.4. The van der Waals surface area contributed by atoms with Gasteiger partial charge < -0.3 is 0 Å². The number of hydrogen-bond acceptors (Lipinski definition) is 0. The second-order valence-corrected chi connectivity index (χ2v) is 5.21. The molecule has 0 N–H and O–H groups in total. The maximum atomic E-state index is 12.5. The van der Waals surface area contributed by atoms with Crippen molar-refractivity contribution in [2.75, 3.05) is 0 Å². The molecule has 0 saturated carbocycles. The summed E-state index contributed by atoms with van der Waals surface area (Å²) in [6.45, 7) is 4.84. The van der Waals surface area contributed by atoms with E-state index in [1.807, 2.05) is 0 Å². The Morgan fingerprint density at radius 1 is 0.706 bits per heavy atom. The molecular formula is C15H29F2. The largest absolute Gasteiger partial charge is 0.245 e. The quantitative estimate of drug-likeness (QED) is 0.362. The van der Waals surface area contributed by atoms with Crippen molar-refractivity contribution in [2.45, 2.75) is 89.9 Å². The third-order valence-corrected chi connectivity index (χ3v) is 3.12. The molecule has 0 aliphatic carbocycles. The molecule has 0 bridgehead atoms. The van der Waals surface area contributed by atoms with E-state index in [2.05, 4.69) is 6.92 Å². The van der Waals surface area contributed by atoms with Crippen LogP contribution < -0.4 is 0 Å². The van der Waals surface area contributed by atoms with Gasteiger partial charge in [-0.25, -0.2) is 8.78 Å². The predicted octanol–water partition coefficient (Wildman–Crippen LogP) is 6.16. The van der Waals surface area contributed by atoms with E-state index >= 15 is 0 Å². The fraction of sp³-hybridized carbons (Fsp3) is 0.933. The Labute approximate surface area is 106 Å². The summed E-state index contributed by atoms with van der Waals surface area (Å²) in [4.78, 5) is 0. The Morgan fingerprint density at radius 2 is 1.06 bits per heavy atom. The third kappa shape index (κ3) is 15.9. The Balaban J connectivity index is 2.99. The molecular weight excluding hydrogens is 218 g/mol. The molecule has 0 aromatic carbocycles. The van der Waals surface area contributed by atoms with Gasteiger partial charge in [0.2, 0.25) is 5.92 Å². The topological polar surface area (TPSA) is 0 Å². The van der Waals surface area contributed by atoms with E-state index in [-0.39, 0.29) is 6.42 Å². The average molecular weight is 247 g/mol. The summed E-state index contributed by atoms with van der Waals surface area (Å²) in [6, 6.07) is 0. The van der Waals surface area contributed by atoms with Crippen molar-refractivity contribution in [1.29, 1.82) is 0 Å². The van der Waals surface area contributed by atoms with E-state index in [1.165, 1.54) is 44.9 Å². The molecule has 17 heavy (non-hydrogen) atoms. The van der Waals surface area contributed by atoms with E-state index in [0.717, 1.165) is 26.2 Å². The van der Waals surface area contributed by atoms with Crippen molar-refractivity contribution in [1.82, 2.24) is 0 Å². The number of unbranched alkanes of at least 4 members (excludes halogenated alkanes) is 10. The lowest BCUT2D eigenvalue weighted by Crippen LogP contribution is -2.08. The Bertz CT molecular complexity index is 149. The average Bonchev–Trinajstić information content (AvgIpc) is 2.24. The molecule has 0 aliphatic rings. The van der Waals surface area contributed by atoms with Crippen molar-refractivity contribution in [3.05, 3.63) is 6.92 Å². The van der Waals surface area contributed by atoms with Crippen LogP contribution in [0.5, 0.6) is 0 Å². The molecule has 1 radical (unpaired) electrons. The van der Waals surface area contributed by atoms with E-state index in [4.69, 9.17) is 0 Å². The standard InChI is InChI=1S/C15H29F2/c1-3-4-5-6-7-8-9-10-11-12-13-14-15(2,16)17/h1,3-14H2,2H3. The van der Waals surface area contributed by atoms with E-state index in [1.54, 1.807) is 0 Å². The van der Waals surface area contributed by atoms with Crippen LogP contribution in [0.3, 0.4) is 0 Å². The second kappa shape index (κ2) is 11.0. The molecule has 0 atom stereocenters. The molecule has 0 unspecified atom stereocenters. The minimum absolute atomic E-state index is 0.0536. The molecule has 0 amide bonds. The smallest absolute Gasteiger partial charge is 0.207 e. The van der Waals surface area contributed by atoms with Crippen LogP contribution in [0.4, 0.5) is 8.78 Å². The fourth-order valence-corrected chi connectivity index (χ4v) is 2.03. The first-order valence-corrected chi connectivity index (χ1v) is 7.23. The fourth-order valence-electron chi connectivity index (χ4n) is 2.03. The maximum absolute atomic E-state index is 12.5. The van der Waals surface area contributed by atoms with Crippen molar-refractivity contribution in [2.24, 2.45) is 0 Å². The molecule has 0 aromatic heterocycles. The molecule has 0 spiro atoms. The van der Waals surface area contributed by atoms with Gasteiger partial charge in [0.15, 0.2) is 0 Å². The van der Waals surface area contributed by atoms with Crippen LogP contribution in [0.1, 0.15) is 84.0 Å². The van der Waals surface area contributed by atoms with Crippen LogP contribution in [0.2, 0.25) is 0 Å². The summed E-state index contributed by atoms with van der Waals surface area (Å²) in [5.41, 5.74) is 0. The number of hydrogen-bond donors (Lipinski definition) is 0.